The highest BCUT2D eigenvalue weighted by Crippen LogP contribution is 2.32. The molecule has 0 aromatic carbocycles. The number of amides is 3. The fourth-order valence-electron chi connectivity index (χ4n) is 4.39. The Morgan fingerprint density at radius 2 is 1.71 bits per heavy atom. The number of hydrogen-bond acceptors (Lipinski definition) is 11. The summed E-state index contributed by atoms with van der Waals surface area (Å²) in [7, 11) is 1.61. The lowest BCUT2D eigenvalue weighted by Gasteiger charge is -2.30. The van der Waals surface area contributed by atoms with E-state index < -0.39 is 37.1 Å². The number of imidazole rings is 1. The monoisotopic (exact) mass is 537 g/mol. The standard InChI is InChI=1S/C23H39N9O6/c1-12(2)31(13(3)4)9-8-27-23(37)26-7-6-25-21(36)19-29-18(24-5)15-20(30-19)32(11-28-15)22-17(35)16(34)14(10-33)38-22/h11-14,16-17,22,33-35H,6-10H2,1-5H3,(H,25,36)(H,24,29,30)(H2,26,27,37)/t14-,16-,17-,22-/m1/s1. The Bertz CT molecular complexity index is 1090. The summed E-state index contributed by atoms with van der Waals surface area (Å²) in [5, 5.41) is 40.9. The summed E-state index contributed by atoms with van der Waals surface area (Å²) in [6, 6.07) is 0.418. The van der Waals surface area contributed by atoms with Crippen LogP contribution in [0.4, 0.5) is 10.6 Å². The second kappa shape index (κ2) is 13.1. The Labute approximate surface area is 221 Å². The lowest BCUT2D eigenvalue weighted by atomic mass is 10.1. The van der Waals surface area contributed by atoms with Gasteiger partial charge in [-0.3, -0.25) is 14.3 Å². The molecular formula is C23H39N9O6. The lowest BCUT2D eigenvalue weighted by Crippen LogP contribution is -2.45. The molecule has 0 bridgehead atoms. The van der Waals surface area contributed by atoms with Crippen LogP contribution in [0, 0.1) is 0 Å². The Morgan fingerprint density at radius 1 is 1.05 bits per heavy atom. The molecule has 1 aliphatic rings. The molecule has 1 aliphatic heterocycles. The summed E-state index contributed by atoms with van der Waals surface area (Å²) < 4.78 is 6.95. The molecule has 15 nitrogen and oxygen atoms in total. The van der Waals surface area contributed by atoms with Gasteiger partial charge < -0.3 is 41.3 Å². The van der Waals surface area contributed by atoms with E-state index in [0.717, 1.165) is 6.54 Å². The van der Waals surface area contributed by atoms with E-state index in [1.807, 2.05) is 0 Å². The van der Waals surface area contributed by atoms with Gasteiger partial charge in [-0.1, -0.05) is 0 Å². The van der Waals surface area contributed by atoms with Gasteiger partial charge in [-0.15, -0.1) is 0 Å². The zero-order valence-electron chi connectivity index (χ0n) is 22.4. The summed E-state index contributed by atoms with van der Waals surface area (Å²) >= 11 is 0. The molecule has 0 unspecified atom stereocenters. The minimum atomic E-state index is -1.34. The molecule has 0 radical (unpaired) electrons. The third-order valence-electron chi connectivity index (χ3n) is 6.33. The van der Waals surface area contributed by atoms with E-state index in [2.05, 4.69) is 68.8 Å². The molecule has 2 aromatic rings. The Hall–Kier alpha value is -3.11. The minimum absolute atomic E-state index is 0.140. The number of aliphatic hydroxyl groups excluding tert-OH is 3. The smallest absolute Gasteiger partial charge is 0.314 e. The van der Waals surface area contributed by atoms with Crippen molar-refractivity contribution in [3.05, 3.63) is 12.2 Å². The van der Waals surface area contributed by atoms with Crippen molar-refractivity contribution in [2.45, 2.75) is 64.3 Å². The Morgan fingerprint density at radius 3 is 2.32 bits per heavy atom. The van der Waals surface area contributed by atoms with Crippen molar-refractivity contribution in [2.75, 3.05) is 45.2 Å². The third kappa shape index (κ3) is 6.66. The number of ether oxygens (including phenoxy) is 1. The zero-order valence-corrected chi connectivity index (χ0v) is 22.4. The molecule has 3 amide bonds. The number of carbonyl (C=O) groups is 2. The molecule has 2 aromatic heterocycles. The largest absolute Gasteiger partial charge is 0.394 e. The van der Waals surface area contributed by atoms with Gasteiger partial charge in [-0.05, 0) is 27.7 Å². The fraction of sp³-hybridized carbons (Fsp3) is 0.696. The van der Waals surface area contributed by atoms with Gasteiger partial charge in [0.05, 0.1) is 12.9 Å². The van der Waals surface area contributed by atoms with Crippen molar-refractivity contribution in [2.24, 2.45) is 0 Å². The quantitative estimate of drug-likeness (QED) is 0.158. The van der Waals surface area contributed by atoms with Crippen LogP contribution in [0.2, 0.25) is 0 Å². The van der Waals surface area contributed by atoms with Crippen LogP contribution in [-0.2, 0) is 4.74 Å². The van der Waals surface area contributed by atoms with Crippen molar-refractivity contribution < 1.29 is 29.6 Å². The number of hydrogen-bond donors (Lipinski definition) is 7. The summed E-state index contributed by atoms with van der Waals surface area (Å²) in [6.45, 7) is 9.52. The van der Waals surface area contributed by atoms with Crippen LogP contribution in [0.25, 0.3) is 11.2 Å². The van der Waals surface area contributed by atoms with E-state index >= 15 is 0 Å². The van der Waals surface area contributed by atoms with Gasteiger partial charge in [0.2, 0.25) is 5.82 Å². The first-order valence-electron chi connectivity index (χ1n) is 12.7. The fourth-order valence-corrected chi connectivity index (χ4v) is 4.39. The van der Waals surface area contributed by atoms with E-state index in [0.29, 0.717) is 24.1 Å². The Kier molecular flexibility index (Phi) is 10.2. The third-order valence-corrected chi connectivity index (χ3v) is 6.33. The van der Waals surface area contributed by atoms with Gasteiger partial charge in [0.15, 0.2) is 23.2 Å². The molecule has 0 spiro atoms. The second-order valence-corrected chi connectivity index (χ2v) is 9.56. The number of urea groups is 1. The maximum Gasteiger partial charge on any atom is 0.314 e. The van der Waals surface area contributed by atoms with Crippen LogP contribution in [0.15, 0.2) is 6.33 Å². The normalized spacial score (nSPS) is 21.4. The molecule has 3 rings (SSSR count). The minimum Gasteiger partial charge on any atom is -0.394 e. The molecule has 1 saturated heterocycles. The number of fused-ring (bicyclic) bond motifs is 1. The number of aromatic nitrogens is 4. The maximum atomic E-state index is 12.8. The predicted molar refractivity (Wildman–Crippen MR) is 139 cm³/mol. The summed E-state index contributed by atoms with van der Waals surface area (Å²) in [4.78, 5) is 39.9. The van der Waals surface area contributed by atoms with Gasteiger partial charge in [0, 0.05) is 45.3 Å². The van der Waals surface area contributed by atoms with Gasteiger partial charge in [0.25, 0.3) is 5.91 Å². The number of nitrogens with one attached hydrogen (secondary N) is 4. The second-order valence-electron chi connectivity index (χ2n) is 9.56. The molecule has 4 atom stereocenters. The molecule has 0 aliphatic carbocycles. The van der Waals surface area contributed by atoms with E-state index in [4.69, 9.17) is 4.74 Å². The maximum absolute atomic E-state index is 12.8. The first kappa shape index (κ1) is 29.4. The van der Waals surface area contributed by atoms with Crippen LogP contribution in [0.1, 0.15) is 44.5 Å². The average Bonchev–Trinajstić information content (AvgIpc) is 3.43. The average molecular weight is 538 g/mol. The molecule has 15 heteroatoms. The molecular weight excluding hydrogens is 498 g/mol. The van der Waals surface area contributed by atoms with Crippen LogP contribution in [-0.4, -0.2) is 122 Å². The van der Waals surface area contributed by atoms with E-state index in [1.165, 1.54) is 10.9 Å². The SMILES string of the molecule is CNc1nc(C(=O)NCCNC(=O)NCCN(C(C)C)C(C)C)nc2c1ncn2[C@@H]1O[C@H](CO)[C@@H](O)[C@H]1O. The highest BCUT2D eigenvalue weighted by molar-refractivity contribution is 5.94. The summed E-state index contributed by atoms with van der Waals surface area (Å²) in [5.74, 6) is -0.466. The number of aliphatic hydroxyl groups is 3. The number of rotatable bonds is 12. The summed E-state index contributed by atoms with van der Waals surface area (Å²) in [5.41, 5.74) is 0.521. The van der Waals surface area contributed by atoms with E-state index in [9.17, 15) is 24.9 Å². The molecule has 212 valence electrons. The number of nitrogens with zero attached hydrogens (tertiary/aromatic N) is 5. The molecule has 38 heavy (non-hydrogen) atoms. The first-order valence-corrected chi connectivity index (χ1v) is 12.7. The van der Waals surface area contributed by atoms with Crippen molar-refractivity contribution in [1.82, 2.24) is 40.4 Å². The highest BCUT2D eigenvalue weighted by atomic mass is 16.6. The molecule has 1 fully saturated rings. The number of carbonyl (C=O) groups excluding carboxylic acids is 2. The first-order chi connectivity index (χ1) is 18.1. The predicted octanol–water partition coefficient (Wildman–Crippen LogP) is -1.37. The lowest BCUT2D eigenvalue weighted by molar-refractivity contribution is -0.0511. The van der Waals surface area contributed by atoms with Gasteiger partial charge in [0.1, 0.15) is 18.3 Å². The van der Waals surface area contributed by atoms with Gasteiger partial charge in [-0.2, -0.15) is 0 Å². The van der Waals surface area contributed by atoms with Gasteiger partial charge >= 0.3 is 6.03 Å². The van der Waals surface area contributed by atoms with E-state index in [1.54, 1.807) is 7.05 Å². The van der Waals surface area contributed by atoms with Crippen molar-refractivity contribution in [1.29, 1.82) is 0 Å². The van der Waals surface area contributed by atoms with E-state index in [-0.39, 0.29) is 36.4 Å². The van der Waals surface area contributed by atoms with Crippen molar-refractivity contribution in [3.63, 3.8) is 0 Å². The molecule has 3 heterocycles. The van der Waals surface area contributed by atoms with Gasteiger partial charge in [-0.25, -0.2) is 19.7 Å². The molecule has 7 N–H and O–H groups in total. The topological polar surface area (TPSA) is 199 Å². The highest BCUT2D eigenvalue weighted by Gasteiger charge is 2.44. The van der Waals surface area contributed by atoms with Crippen LogP contribution in [0.5, 0.6) is 0 Å². The van der Waals surface area contributed by atoms with Crippen LogP contribution < -0.4 is 21.3 Å². The summed E-state index contributed by atoms with van der Waals surface area (Å²) in [6.07, 6.45) is -3.34. The Balaban J connectivity index is 1.58. The van der Waals surface area contributed by atoms with Crippen LogP contribution in [0.3, 0.4) is 0 Å². The van der Waals surface area contributed by atoms with Crippen molar-refractivity contribution >= 4 is 28.9 Å². The van der Waals surface area contributed by atoms with Crippen molar-refractivity contribution in [3.8, 4) is 0 Å². The van der Waals surface area contributed by atoms with Crippen LogP contribution >= 0.6 is 0 Å². The molecule has 0 saturated carbocycles. The zero-order chi connectivity index (χ0) is 28.0. The number of anilines is 1.